The number of rotatable bonds is 8. The summed E-state index contributed by atoms with van der Waals surface area (Å²) in [7, 11) is 0. The number of hydrogen-bond donors (Lipinski definition) is 3. The number of imide groups is 1. The molecule has 204 valence electrons. The topological polar surface area (TPSA) is 156 Å². The summed E-state index contributed by atoms with van der Waals surface area (Å²) in [5, 5.41) is 14.2. The summed E-state index contributed by atoms with van der Waals surface area (Å²) in [6.07, 6.45) is 1.59. The number of hydrogen-bond acceptors (Lipinski definition) is 7. The molecule has 4 atom stereocenters. The molecule has 1 aromatic carbocycles. The highest BCUT2D eigenvalue weighted by Crippen LogP contribution is 2.50. The molecule has 0 saturated carbocycles. The smallest absolute Gasteiger partial charge is 0.327 e. The number of carboxylic acid groups (broad SMARTS) is 1. The van der Waals surface area contributed by atoms with Gasteiger partial charge in [0.2, 0.25) is 11.8 Å². The predicted octanol–water partition coefficient (Wildman–Crippen LogP) is 0.540. The van der Waals surface area contributed by atoms with E-state index in [0.717, 1.165) is 17.7 Å². The lowest BCUT2D eigenvalue weighted by atomic mass is 9.95. The molecular formula is C25H31N5O7S. The highest BCUT2D eigenvalue weighted by molar-refractivity contribution is 8.01. The fourth-order valence-corrected chi connectivity index (χ4v) is 6.59. The number of β-lactam (4-membered cyclic amide) rings is 1. The number of piperazine rings is 1. The Bertz CT molecular complexity index is 1160. The second-order valence-corrected chi connectivity index (χ2v) is 11.8. The Morgan fingerprint density at radius 2 is 1.79 bits per heavy atom. The Hall–Kier alpha value is -3.61. The van der Waals surface area contributed by atoms with Gasteiger partial charge in [0.1, 0.15) is 23.5 Å². The van der Waals surface area contributed by atoms with E-state index >= 15 is 0 Å². The molecular weight excluding hydrogens is 514 g/mol. The zero-order valence-electron chi connectivity index (χ0n) is 21.4. The number of amides is 6. The zero-order chi connectivity index (χ0) is 27.8. The van der Waals surface area contributed by atoms with Crippen LogP contribution >= 0.6 is 11.8 Å². The minimum Gasteiger partial charge on any atom is -0.480 e. The second kappa shape index (κ2) is 10.6. The molecule has 12 nitrogen and oxygen atoms in total. The molecule has 0 bridgehead atoms. The van der Waals surface area contributed by atoms with Gasteiger partial charge >= 0.3 is 23.8 Å². The number of unbranched alkanes of at least 4 members (excludes halogenated alkanes) is 1. The Kier molecular flexibility index (Phi) is 7.68. The number of aliphatic carboxylic acids is 1. The first-order valence-corrected chi connectivity index (χ1v) is 13.3. The molecule has 1 aromatic rings. The number of nitrogens with zero attached hydrogens (tertiary/aromatic N) is 3. The van der Waals surface area contributed by atoms with Gasteiger partial charge in [-0.05, 0) is 25.8 Å². The Morgan fingerprint density at radius 3 is 2.42 bits per heavy atom. The fourth-order valence-electron chi connectivity index (χ4n) is 4.96. The van der Waals surface area contributed by atoms with Crippen molar-refractivity contribution in [3.8, 4) is 0 Å². The summed E-state index contributed by atoms with van der Waals surface area (Å²) in [6, 6.07) is 4.15. The molecule has 0 aliphatic carbocycles. The first-order chi connectivity index (χ1) is 18.0. The van der Waals surface area contributed by atoms with Gasteiger partial charge in [0.15, 0.2) is 0 Å². The van der Waals surface area contributed by atoms with Crippen LogP contribution < -0.4 is 10.6 Å². The van der Waals surface area contributed by atoms with Crippen LogP contribution in [-0.4, -0.2) is 97.3 Å². The molecule has 3 aliphatic heterocycles. The van der Waals surface area contributed by atoms with Crippen molar-refractivity contribution in [2.24, 2.45) is 0 Å². The largest absolute Gasteiger partial charge is 0.480 e. The molecule has 3 saturated heterocycles. The molecule has 3 fully saturated rings. The van der Waals surface area contributed by atoms with Crippen molar-refractivity contribution in [1.82, 2.24) is 25.3 Å². The van der Waals surface area contributed by atoms with Crippen LogP contribution in [0.25, 0.3) is 0 Å². The van der Waals surface area contributed by atoms with E-state index < -0.39 is 63.9 Å². The van der Waals surface area contributed by atoms with Crippen LogP contribution in [0.4, 0.5) is 4.79 Å². The van der Waals surface area contributed by atoms with E-state index in [4.69, 9.17) is 0 Å². The summed E-state index contributed by atoms with van der Waals surface area (Å²) < 4.78 is -0.759. The monoisotopic (exact) mass is 545 g/mol. The maximum absolute atomic E-state index is 13.4. The summed E-state index contributed by atoms with van der Waals surface area (Å²) in [5.74, 6) is -4.07. The van der Waals surface area contributed by atoms with Crippen LogP contribution in [0.15, 0.2) is 30.3 Å². The first kappa shape index (κ1) is 27.4. The summed E-state index contributed by atoms with van der Waals surface area (Å²) in [6.45, 7) is 6.05. The number of thioether (sulfide) groups is 1. The Labute approximate surface area is 224 Å². The standard InChI is InChI=1S/C25H31N5O7S/c1-4-5-11-28-12-13-29(21(34)20(28)33)24(37)27-15(14-9-7-6-8-10-14)18(31)26-16-19(32)30-17(23(35)36)25(2,3)38-22(16)30/h6-10,15-17,22H,4-5,11-13H2,1-3H3,(H,26,31)(H,27,37)(H,35,36)/t15-,16-,17+,22-/m1/s1. The van der Waals surface area contributed by atoms with E-state index in [-0.39, 0.29) is 13.1 Å². The summed E-state index contributed by atoms with van der Waals surface area (Å²) >= 11 is 1.29. The molecule has 0 radical (unpaired) electrons. The van der Waals surface area contributed by atoms with Gasteiger partial charge in [-0.2, -0.15) is 0 Å². The van der Waals surface area contributed by atoms with Gasteiger partial charge in [-0.15, -0.1) is 11.8 Å². The van der Waals surface area contributed by atoms with Crippen molar-refractivity contribution in [1.29, 1.82) is 0 Å². The van der Waals surface area contributed by atoms with Crippen LogP contribution in [0.3, 0.4) is 0 Å². The third kappa shape index (κ3) is 4.94. The van der Waals surface area contributed by atoms with Crippen LogP contribution in [0.5, 0.6) is 0 Å². The van der Waals surface area contributed by atoms with Crippen molar-refractivity contribution in [2.75, 3.05) is 19.6 Å². The number of fused-ring (bicyclic) bond motifs is 1. The quantitative estimate of drug-likeness (QED) is 0.316. The molecule has 38 heavy (non-hydrogen) atoms. The minimum atomic E-state index is -1.26. The van der Waals surface area contributed by atoms with E-state index in [0.29, 0.717) is 12.1 Å². The normalized spacial score (nSPS) is 25.0. The first-order valence-electron chi connectivity index (χ1n) is 12.5. The number of carboxylic acids is 1. The molecule has 6 amide bonds. The highest BCUT2D eigenvalue weighted by Gasteiger charge is 2.64. The Morgan fingerprint density at radius 1 is 1.11 bits per heavy atom. The molecule has 4 rings (SSSR count). The van der Waals surface area contributed by atoms with Crippen LogP contribution in [0.2, 0.25) is 0 Å². The molecule has 0 aromatic heterocycles. The van der Waals surface area contributed by atoms with Crippen molar-refractivity contribution in [2.45, 2.75) is 61.9 Å². The molecule has 0 unspecified atom stereocenters. The Balaban J connectivity index is 1.48. The van der Waals surface area contributed by atoms with Crippen LogP contribution in [-0.2, 0) is 24.0 Å². The minimum absolute atomic E-state index is 0.0102. The lowest BCUT2D eigenvalue weighted by Crippen LogP contribution is -2.71. The third-order valence-corrected chi connectivity index (χ3v) is 8.54. The van der Waals surface area contributed by atoms with Gasteiger partial charge in [-0.3, -0.25) is 24.1 Å². The predicted molar refractivity (Wildman–Crippen MR) is 137 cm³/mol. The van der Waals surface area contributed by atoms with E-state index in [2.05, 4.69) is 10.6 Å². The third-order valence-electron chi connectivity index (χ3n) is 6.97. The van der Waals surface area contributed by atoms with Gasteiger partial charge < -0.3 is 25.5 Å². The average Bonchev–Trinajstić information content (AvgIpc) is 3.14. The van der Waals surface area contributed by atoms with Gasteiger partial charge in [0.25, 0.3) is 0 Å². The molecule has 0 spiro atoms. The van der Waals surface area contributed by atoms with E-state index in [1.807, 2.05) is 6.92 Å². The van der Waals surface area contributed by atoms with E-state index in [1.165, 1.54) is 21.6 Å². The van der Waals surface area contributed by atoms with E-state index in [9.17, 15) is 33.9 Å². The van der Waals surface area contributed by atoms with Crippen molar-refractivity contribution in [3.05, 3.63) is 35.9 Å². The molecule has 3 aliphatic rings. The number of urea groups is 1. The molecule has 13 heteroatoms. The molecule has 3 N–H and O–H groups in total. The number of carbonyl (C=O) groups is 6. The van der Waals surface area contributed by atoms with Gasteiger partial charge in [-0.25, -0.2) is 9.59 Å². The van der Waals surface area contributed by atoms with Gasteiger partial charge in [0.05, 0.1) is 0 Å². The summed E-state index contributed by atoms with van der Waals surface area (Å²) in [4.78, 5) is 79.7. The fraction of sp³-hybridized carbons (Fsp3) is 0.520. The zero-order valence-corrected chi connectivity index (χ0v) is 22.2. The maximum atomic E-state index is 13.4. The number of nitrogens with one attached hydrogen (secondary N) is 2. The summed E-state index contributed by atoms with van der Waals surface area (Å²) in [5.41, 5.74) is 0.408. The number of benzene rings is 1. The second-order valence-electron chi connectivity index (χ2n) is 9.98. The highest BCUT2D eigenvalue weighted by atomic mass is 32.2. The van der Waals surface area contributed by atoms with E-state index in [1.54, 1.807) is 44.2 Å². The molecule has 3 heterocycles. The number of carbonyl (C=O) groups excluding carboxylic acids is 5. The average molecular weight is 546 g/mol. The van der Waals surface area contributed by atoms with Crippen molar-refractivity contribution in [3.63, 3.8) is 0 Å². The van der Waals surface area contributed by atoms with Gasteiger partial charge in [-0.1, -0.05) is 43.7 Å². The van der Waals surface area contributed by atoms with Crippen molar-refractivity contribution >= 4 is 47.4 Å². The van der Waals surface area contributed by atoms with Gasteiger partial charge in [0, 0.05) is 24.4 Å². The van der Waals surface area contributed by atoms with Crippen molar-refractivity contribution < 1.29 is 33.9 Å². The lowest BCUT2D eigenvalue weighted by molar-refractivity contribution is -0.161. The maximum Gasteiger partial charge on any atom is 0.327 e. The lowest BCUT2D eigenvalue weighted by Gasteiger charge is -2.44. The SMILES string of the molecule is CCCCN1CCN(C(=O)N[C@@H](C(=O)N[C@@H]2C(=O)N3[C@@H]2SC(C)(C)[C@@H]3C(=O)O)c2ccccc2)C(=O)C1=O. The van der Waals surface area contributed by atoms with Crippen LogP contribution in [0.1, 0.15) is 45.2 Å². The van der Waals surface area contributed by atoms with Crippen LogP contribution in [0, 0.1) is 0 Å².